The summed E-state index contributed by atoms with van der Waals surface area (Å²) in [4.78, 5) is 0. The zero-order valence-corrected chi connectivity index (χ0v) is 8.17. The van der Waals surface area contributed by atoms with E-state index in [1.807, 2.05) is 0 Å². The fraction of sp³-hybridized carbons (Fsp3) is 1.00. The Hall–Kier alpha value is -0.120. The van der Waals surface area contributed by atoms with Gasteiger partial charge in [0.05, 0.1) is 0 Å². The van der Waals surface area contributed by atoms with Crippen molar-refractivity contribution in [2.24, 2.45) is 11.7 Å². The molecule has 2 fully saturated rings. The van der Waals surface area contributed by atoms with Crippen LogP contribution in [0.5, 0.6) is 0 Å². The van der Waals surface area contributed by atoms with Gasteiger partial charge in [0.1, 0.15) is 0 Å². The SMILES string of the molecule is NC1CCCNC1C1CCOCC1. The number of piperidine rings is 1. The zero-order chi connectivity index (χ0) is 9.10. The molecule has 0 aromatic carbocycles. The molecule has 3 heteroatoms. The molecule has 0 bridgehead atoms. The third kappa shape index (κ3) is 2.22. The summed E-state index contributed by atoms with van der Waals surface area (Å²) in [6.45, 7) is 3.00. The van der Waals surface area contributed by atoms with Crippen LogP contribution in [0.15, 0.2) is 0 Å². The first-order chi connectivity index (χ1) is 6.38. The Balaban J connectivity index is 1.88. The average molecular weight is 184 g/mol. The number of nitrogens with two attached hydrogens (primary N) is 1. The monoisotopic (exact) mass is 184 g/mol. The van der Waals surface area contributed by atoms with Gasteiger partial charge in [-0.3, -0.25) is 0 Å². The average Bonchev–Trinajstić information content (AvgIpc) is 2.20. The third-order valence-electron chi connectivity index (χ3n) is 3.33. The summed E-state index contributed by atoms with van der Waals surface area (Å²) in [6.07, 6.45) is 4.80. The highest BCUT2D eigenvalue weighted by atomic mass is 16.5. The molecule has 0 aromatic rings. The van der Waals surface area contributed by atoms with E-state index in [0.29, 0.717) is 12.1 Å². The van der Waals surface area contributed by atoms with Gasteiger partial charge in [0.15, 0.2) is 0 Å². The largest absolute Gasteiger partial charge is 0.381 e. The first-order valence-electron chi connectivity index (χ1n) is 5.44. The Bertz CT molecular complexity index is 157. The van der Waals surface area contributed by atoms with E-state index in [4.69, 9.17) is 10.5 Å². The minimum absolute atomic E-state index is 0.372. The van der Waals surface area contributed by atoms with Crippen molar-refractivity contribution in [2.45, 2.75) is 37.8 Å². The molecule has 0 spiro atoms. The van der Waals surface area contributed by atoms with Crippen LogP contribution in [0.4, 0.5) is 0 Å². The minimum atomic E-state index is 0.372. The molecule has 2 heterocycles. The molecule has 0 radical (unpaired) electrons. The van der Waals surface area contributed by atoms with Crippen LogP contribution in [0.3, 0.4) is 0 Å². The van der Waals surface area contributed by atoms with E-state index in [1.165, 1.54) is 25.7 Å². The lowest BCUT2D eigenvalue weighted by Crippen LogP contribution is -2.54. The van der Waals surface area contributed by atoms with Gasteiger partial charge in [-0.1, -0.05) is 0 Å². The Morgan fingerprint density at radius 3 is 2.62 bits per heavy atom. The van der Waals surface area contributed by atoms with Crippen LogP contribution in [-0.2, 0) is 4.74 Å². The molecule has 0 aliphatic carbocycles. The Kier molecular flexibility index (Phi) is 3.19. The van der Waals surface area contributed by atoms with Crippen molar-refractivity contribution in [1.29, 1.82) is 0 Å². The van der Waals surface area contributed by atoms with E-state index >= 15 is 0 Å². The second-order valence-corrected chi connectivity index (χ2v) is 4.24. The smallest absolute Gasteiger partial charge is 0.0469 e. The quantitative estimate of drug-likeness (QED) is 0.623. The lowest BCUT2D eigenvalue weighted by atomic mass is 9.84. The molecule has 0 aromatic heterocycles. The van der Waals surface area contributed by atoms with Gasteiger partial charge < -0.3 is 15.8 Å². The fourth-order valence-electron chi connectivity index (χ4n) is 2.53. The summed E-state index contributed by atoms with van der Waals surface area (Å²) in [5.41, 5.74) is 6.11. The number of rotatable bonds is 1. The van der Waals surface area contributed by atoms with Crippen molar-refractivity contribution in [3.8, 4) is 0 Å². The van der Waals surface area contributed by atoms with Crippen LogP contribution in [0.25, 0.3) is 0 Å². The van der Waals surface area contributed by atoms with Gasteiger partial charge in [-0.05, 0) is 38.1 Å². The van der Waals surface area contributed by atoms with Crippen LogP contribution in [0.2, 0.25) is 0 Å². The fourth-order valence-corrected chi connectivity index (χ4v) is 2.53. The van der Waals surface area contributed by atoms with Gasteiger partial charge in [-0.25, -0.2) is 0 Å². The first-order valence-corrected chi connectivity index (χ1v) is 5.44. The molecule has 13 heavy (non-hydrogen) atoms. The Morgan fingerprint density at radius 1 is 1.15 bits per heavy atom. The molecule has 2 atom stereocenters. The standard InChI is InChI=1S/C10H20N2O/c11-9-2-1-5-12-10(9)8-3-6-13-7-4-8/h8-10,12H,1-7,11H2. The van der Waals surface area contributed by atoms with E-state index in [2.05, 4.69) is 5.32 Å². The van der Waals surface area contributed by atoms with Gasteiger partial charge in [-0.15, -0.1) is 0 Å². The molecule has 2 unspecified atom stereocenters. The van der Waals surface area contributed by atoms with E-state index in [0.717, 1.165) is 25.7 Å². The highest BCUT2D eigenvalue weighted by Crippen LogP contribution is 2.23. The summed E-state index contributed by atoms with van der Waals surface area (Å²) in [5.74, 6) is 0.754. The van der Waals surface area contributed by atoms with Crippen molar-refractivity contribution >= 4 is 0 Å². The van der Waals surface area contributed by atoms with Crippen LogP contribution in [0.1, 0.15) is 25.7 Å². The molecule has 0 saturated carbocycles. The van der Waals surface area contributed by atoms with Crippen molar-refractivity contribution in [2.75, 3.05) is 19.8 Å². The molecular formula is C10H20N2O. The molecule has 3 N–H and O–H groups in total. The van der Waals surface area contributed by atoms with Gasteiger partial charge in [-0.2, -0.15) is 0 Å². The summed E-state index contributed by atoms with van der Waals surface area (Å²) in [7, 11) is 0. The number of nitrogens with one attached hydrogen (secondary N) is 1. The predicted octanol–water partition coefficient (Wildman–Crippen LogP) is 0.492. The van der Waals surface area contributed by atoms with E-state index in [-0.39, 0.29) is 0 Å². The summed E-state index contributed by atoms with van der Waals surface area (Å²) in [6, 6.07) is 0.925. The summed E-state index contributed by atoms with van der Waals surface area (Å²) in [5, 5.41) is 3.56. The minimum Gasteiger partial charge on any atom is -0.381 e. The molecule has 2 aliphatic heterocycles. The molecule has 2 rings (SSSR count). The maximum absolute atomic E-state index is 6.11. The van der Waals surface area contributed by atoms with E-state index in [9.17, 15) is 0 Å². The van der Waals surface area contributed by atoms with Crippen LogP contribution >= 0.6 is 0 Å². The normalized spacial score (nSPS) is 37.6. The lowest BCUT2D eigenvalue weighted by molar-refractivity contribution is 0.0467. The topological polar surface area (TPSA) is 47.3 Å². The van der Waals surface area contributed by atoms with Crippen LogP contribution in [-0.4, -0.2) is 31.8 Å². The molecule has 2 aliphatic rings. The molecular weight excluding hydrogens is 164 g/mol. The number of hydrogen-bond donors (Lipinski definition) is 2. The second-order valence-electron chi connectivity index (χ2n) is 4.24. The van der Waals surface area contributed by atoms with Gasteiger partial charge >= 0.3 is 0 Å². The van der Waals surface area contributed by atoms with Crippen molar-refractivity contribution in [3.05, 3.63) is 0 Å². The van der Waals surface area contributed by atoms with Crippen molar-refractivity contribution < 1.29 is 4.74 Å². The number of ether oxygens (including phenoxy) is 1. The first kappa shape index (κ1) is 9.44. The van der Waals surface area contributed by atoms with Crippen LogP contribution in [0, 0.1) is 5.92 Å². The lowest BCUT2D eigenvalue weighted by Gasteiger charge is -2.37. The van der Waals surface area contributed by atoms with E-state index in [1.54, 1.807) is 0 Å². The Morgan fingerprint density at radius 2 is 1.92 bits per heavy atom. The molecule has 0 amide bonds. The number of hydrogen-bond acceptors (Lipinski definition) is 3. The molecule has 3 nitrogen and oxygen atoms in total. The van der Waals surface area contributed by atoms with Crippen molar-refractivity contribution in [3.63, 3.8) is 0 Å². The van der Waals surface area contributed by atoms with Crippen LogP contribution < -0.4 is 11.1 Å². The highest BCUT2D eigenvalue weighted by Gasteiger charge is 2.30. The zero-order valence-electron chi connectivity index (χ0n) is 8.17. The molecule has 76 valence electrons. The maximum atomic E-state index is 6.11. The van der Waals surface area contributed by atoms with Crippen molar-refractivity contribution in [1.82, 2.24) is 5.32 Å². The molecule has 2 saturated heterocycles. The van der Waals surface area contributed by atoms with Gasteiger partial charge in [0.25, 0.3) is 0 Å². The van der Waals surface area contributed by atoms with E-state index < -0.39 is 0 Å². The third-order valence-corrected chi connectivity index (χ3v) is 3.33. The summed E-state index contributed by atoms with van der Waals surface area (Å²) < 4.78 is 5.36. The van der Waals surface area contributed by atoms with Gasteiger partial charge in [0.2, 0.25) is 0 Å². The highest BCUT2D eigenvalue weighted by molar-refractivity contribution is 4.89. The predicted molar refractivity (Wildman–Crippen MR) is 52.5 cm³/mol. The second kappa shape index (κ2) is 4.40. The maximum Gasteiger partial charge on any atom is 0.0469 e. The van der Waals surface area contributed by atoms with Gasteiger partial charge in [0, 0.05) is 25.3 Å². The summed E-state index contributed by atoms with van der Waals surface area (Å²) >= 11 is 0. The Labute approximate surface area is 80.0 Å².